The summed E-state index contributed by atoms with van der Waals surface area (Å²) in [5.41, 5.74) is 2.49. The summed E-state index contributed by atoms with van der Waals surface area (Å²) in [5, 5.41) is 19.7. The van der Waals surface area contributed by atoms with Gasteiger partial charge in [0.25, 0.3) is 5.69 Å². The van der Waals surface area contributed by atoms with Crippen molar-refractivity contribution in [3.63, 3.8) is 0 Å². The molecule has 0 saturated carbocycles. The number of nitro benzene ring substituents is 1. The Morgan fingerprint density at radius 3 is 2.22 bits per heavy atom. The summed E-state index contributed by atoms with van der Waals surface area (Å²) in [4.78, 5) is 12.2. The second-order valence-electron chi connectivity index (χ2n) is 5.73. The number of benzene rings is 3. The van der Waals surface area contributed by atoms with Gasteiger partial charge in [-0.3, -0.25) is 10.1 Å². The van der Waals surface area contributed by atoms with Crippen molar-refractivity contribution in [1.82, 2.24) is 15.1 Å². The number of hydrogen-bond acceptors (Lipinski definition) is 4. The van der Waals surface area contributed by atoms with E-state index in [4.69, 9.17) is 0 Å². The third-order valence-corrected chi connectivity index (χ3v) is 4.73. The van der Waals surface area contributed by atoms with Crippen LogP contribution in [-0.4, -0.2) is 20.0 Å². The Morgan fingerprint density at radius 1 is 0.926 bits per heavy atom. The third kappa shape index (κ3) is 3.43. The minimum Gasteiger partial charge on any atom is -0.258 e. The van der Waals surface area contributed by atoms with Gasteiger partial charge in [-0.2, -0.15) is 0 Å². The zero-order chi connectivity index (χ0) is 18.8. The minimum absolute atomic E-state index is 0.0360. The van der Waals surface area contributed by atoms with Gasteiger partial charge in [-0.15, -0.1) is 4.68 Å². The van der Waals surface area contributed by atoms with E-state index in [1.807, 2.05) is 59.3 Å². The van der Waals surface area contributed by atoms with Crippen LogP contribution in [-0.2, 0) is 0 Å². The smallest absolute Gasteiger partial charge is 0.258 e. The zero-order valence-corrected chi connectivity index (χ0v) is 16.1. The Labute approximate surface area is 168 Å². The molecule has 0 unspecified atom stereocenters. The highest BCUT2D eigenvalue weighted by molar-refractivity contribution is 14.1. The highest BCUT2D eigenvalue weighted by Crippen LogP contribution is 2.18. The molecule has 0 aliphatic heterocycles. The molecule has 1 heterocycles. The number of rotatable bonds is 4. The molecule has 4 aromatic rings. The molecule has 3 aromatic carbocycles. The van der Waals surface area contributed by atoms with Crippen LogP contribution in [0, 0.1) is 13.7 Å². The van der Waals surface area contributed by atoms with E-state index < -0.39 is 4.92 Å². The van der Waals surface area contributed by atoms with Crippen LogP contribution < -0.4 is 4.68 Å². The molecule has 0 aliphatic rings. The summed E-state index contributed by atoms with van der Waals surface area (Å²) in [6.45, 7) is 0. The molecule has 0 fully saturated rings. The van der Waals surface area contributed by atoms with E-state index >= 15 is 0 Å². The van der Waals surface area contributed by atoms with E-state index in [0.717, 1.165) is 20.5 Å². The van der Waals surface area contributed by atoms with Gasteiger partial charge >= 0.3 is 5.82 Å². The van der Waals surface area contributed by atoms with E-state index in [0.29, 0.717) is 5.82 Å². The molecule has 4 rings (SSSR count). The second-order valence-corrected chi connectivity index (χ2v) is 6.98. The van der Waals surface area contributed by atoms with Gasteiger partial charge in [0.05, 0.1) is 10.5 Å². The summed E-state index contributed by atoms with van der Waals surface area (Å²) < 4.78 is 2.95. The summed E-state index contributed by atoms with van der Waals surface area (Å²) >= 11 is 2.24. The van der Waals surface area contributed by atoms with Gasteiger partial charge in [0.15, 0.2) is 5.21 Å². The van der Waals surface area contributed by atoms with Crippen LogP contribution >= 0.6 is 22.6 Å². The van der Waals surface area contributed by atoms with Crippen molar-refractivity contribution >= 4 is 28.3 Å². The fraction of sp³-hybridized carbons (Fsp3) is 0. The largest absolute Gasteiger partial charge is 0.337 e. The van der Waals surface area contributed by atoms with E-state index in [9.17, 15) is 10.1 Å². The van der Waals surface area contributed by atoms with Crippen molar-refractivity contribution in [2.24, 2.45) is 0 Å². The first-order chi connectivity index (χ1) is 13.1. The SMILES string of the molecule is O=[N+]([O-])c1ccc(-[n+]2c(-c3ccccc3)nnn2-c2ccc(I)cc2)cc1. The van der Waals surface area contributed by atoms with Crippen LogP contribution in [0.5, 0.6) is 0 Å². The second kappa shape index (κ2) is 7.23. The molecule has 0 radical (unpaired) electrons. The number of nitrogens with zero attached hydrogens (tertiary/aromatic N) is 5. The van der Waals surface area contributed by atoms with Gasteiger partial charge in [-0.25, -0.2) is 0 Å². The molecule has 27 heavy (non-hydrogen) atoms. The molecule has 0 saturated heterocycles. The van der Waals surface area contributed by atoms with E-state index in [1.54, 1.807) is 16.9 Å². The summed E-state index contributed by atoms with van der Waals surface area (Å²) in [7, 11) is 0. The normalized spacial score (nSPS) is 10.7. The molecule has 1 aromatic heterocycles. The highest BCUT2D eigenvalue weighted by Gasteiger charge is 2.25. The quantitative estimate of drug-likeness (QED) is 0.197. The minimum atomic E-state index is -0.415. The van der Waals surface area contributed by atoms with Crippen molar-refractivity contribution in [1.29, 1.82) is 0 Å². The van der Waals surface area contributed by atoms with Crippen LogP contribution in [0.3, 0.4) is 0 Å². The molecule has 0 atom stereocenters. The third-order valence-electron chi connectivity index (χ3n) is 4.01. The standard InChI is InChI=1S/C19H13IN5O2/c20-15-6-8-17(9-7-15)24-22-21-19(14-4-2-1-3-5-14)23(24)16-10-12-18(13-11-16)25(26)27/h1-13H/q+1. The van der Waals surface area contributed by atoms with E-state index in [2.05, 4.69) is 32.9 Å². The maximum atomic E-state index is 11.0. The molecule has 7 nitrogen and oxygen atoms in total. The van der Waals surface area contributed by atoms with Crippen molar-refractivity contribution in [3.05, 3.63) is 92.5 Å². The number of hydrogen-bond donors (Lipinski definition) is 0. The predicted octanol–water partition coefficient (Wildman–Crippen LogP) is 3.72. The van der Waals surface area contributed by atoms with Crippen LogP contribution in [0.2, 0.25) is 0 Å². The van der Waals surface area contributed by atoms with Crippen molar-refractivity contribution in [2.45, 2.75) is 0 Å². The van der Waals surface area contributed by atoms with Crippen LogP contribution in [0.25, 0.3) is 22.8 Å². The molecule has 0 N–H and O–H groups in total. The Hall–Kier alpha value is -3.14. The number of aromatic nitrogens is 4. The van der Waals surface area contributed by atoms with Crippen LogP contribution in [0.4, 0.5) is 5.69 Å². The monoisotopic (exact) mass is 470 g/mol. The Balaban J connectivity index is 1.92. The van der Waals surface area contributed by atoms with Gasteiger partial charge in [0, 0.05) is 15.7 Å². The Bertz CT molecular complexity index is 1090. The molecule has 0 bridgehead atoms. The Kier molecular flexibility index (Phi) is 4.63. The lowest BCUT2D eigenvalue weighted by atomic mass is 10.2. The first kappa shape index (κ1) is 17.3. The lowest BCUT2D eigenvalue weighted by Crippen LogP contribution is -2.42. The van der Waals surface area contributed by atoms with Crippen molar-refractivity contribution < 1.29 is 9.61 Å². The first-order valence-electron chi connectivity index (χ1n) is 8.08. The fourth-order valence-corrected chi connectivity index (χ4v) is 3.07. The summed E-state index contributed by atoms with van der Waals surface area (Å²) in [6.07, 6.45) is 0. The topological polar surface area (TPSA) is 77.7 Å². The van der Waals surface area contributed by atoms with Crippen molar-refractivity contribution in [2.75, 3.05) is 0 Å². The van der Waals surface area contributed by atoms with Crippen LogP contribution in [0.15, 0.2) is 78.9 Å². The average molecular weight is 470 g/mol. The molecular formula is C19H13IN5O2+. The number of non-ortho nitro benzene ring substituents is 1. The number of nitro groups is 1. The lowest BCUT2D eigenvalue weighted by molar-refractivity contribution is -0.669. The maximum Gasteiger partial charge on any atom is 0.337 e. The molecule has 8 heteroatoms. The van der Waals surface area contributed by atoms with Gasteiger partial charge in [0.2, 0.25) is 0 Å². The zero-order valence-electron chi connectivity index (χ0n) is 13.9. The molecule has 0 spiro atoms. The van der Waals surface area contributed by atoms with E-state index in [1.165, 1.54) is 12.1 Å². The molecule has 132 valence electrons. The van der Waals surface area contributed by atoms with E-state index in [-0.39, 0.29) is 5.69 Å². The molecule has 0 aliphatic carbocycles. The van der Waals surface area contributed by atoms with Crippen molar-refractivity contribution in [3.8, 4) is 22.8 Å². The predicted molar refractivity (Wildman–Crippen MR) is 108 cm³/mol. The van der Waals surface area contributed by atoms with Gasteiger partial charge in [-0.1, -0.05) is 18.2 Å². The van der Waals surface area contributed by atoms with Crippen LogP contribution in [0.1, 0.15) is 0 Å². The number of tetrazole rings is 1. The maximum absolute atomic E-state index is 11.0. The lowest BCUT2D eigenvalue weighted by Gasteiger charge is -2.05. The highest BCUT2D eigenvalue weighted by atomic mass is 127. The molecular weight excluding hydrogens is 457 g/mol. The summed E-state index contributed by atoms with van der Waals surface area (Å²) in [6, 6.07) is 23.9. The average Bonchev–Trinajstić information content (AvgIpc) is 3.14. The first-order valence-corrected chi connectivity index (χ1v) is 9.15. The Morgan fingerprint density at radius 2 is 1.59 bits per heavy atom. The van der Waals surface area contributed by atoms with Gasteiger partial charge in [-0.05, 0) is 75.9 Å². The number of halogens is 1. The fourth-order valence-electron chi connectivity index (χ4n) is 2.71. The molecule has 0 amide bonds. The summed E-state index contributed by atoms with van der Waals surface area (Å²) in [5.74, 6) is 0.642. The van der Waals surface area contributed by atoms with Gasteiger partial charge < -0.3 is 0 Å². The van der Waals surface area contributed by atoms with Gasteiger partial charge in [0.1, 0.15) is 16.5 Å².